The monoisotopic (exact) mass is 518 g/mol. The number of amides is 2. The van der Waals surface area contributed by atoms with E-state index in [4.69, 9.17) is 9.47 Å². The van der Waals surface area contributed by atoms with E-state index < -0.39 is 23.1 Å². The molecule has 0 spiro atoms. The van der Waals surface area contributed by atoms with Crippen LogP contribution in [-0.4, -0.2) is 31.9 Å². The molecule has 8 heteroatoms. The molecule has 0 saturated heterocycles. The van der Waals surface area contributed by atoms with Crippen molar-refractivity contribution in [2.75, 3.05) is 20.8 Å². The van der Waals surface area contributed by atoms with Gasteiger partial charge >= 0.3 is 6.03 Å². The van der Waals surface area contributed by atoms with Gasteiger partial charge in [0.05, 0.1) is 19.6 Å². The SMILES string of the molecule is COc1ccc(CNC(=O)NCC(c2ccc(F)cc2)(c2ccc(F)cc2)c2ccccc2O)c(OC)c1. The Balaban J connectivity index is 1.68. The summed E-state index contributed by atoms with van der Waals surface area (Å²) in [5.41, 5.74) is 1.25. The molecule has 0 aliphatic rings. The summed E-state index contributed by atoms with van der Waals surface area (Å²) >= 11 is 0. The van der Waals surface area contributed by atoms with Gasteiger partial charge in [0.2, 0.25) is 0 Å². The Morgan fingerprint density at radius 2 is 1.42 bits per heavy atom. The fraction of sp³-hybridized carbons (Fsp3) is 0.167. The number of hydrogen-bond acceptors (Lipinski definition) is 4. The van der Waals surface area contributed by atoms with Gasteiger partial charge in [-0.2, -0.15) is 0 Å². The number of rotatable bonds is 9. The molecule has 0 heterocycles. The van der Waals surface area contributed by atoms with Crippen molar-refractivity contribution in [3.8, 4) is 17.2 Å². The molecule has 196 valence electrons. The molecule has 3 N–H and O–H groups in total. The van der Waals surface area contributed by atoms with Gasteiger partial charge in [0.25, 0.3) is 0 Å². The Kier molecular flexibility index (Phi) is 8.11. The highest BCUT2D eigenvalue weighted by Crippen LogP contribution is 2.42. The van der Waals surface area contributed by atoms with Gasteiger partial charge in [0, 0.05) is 30.3 Å². The summed E-state index contributed by atoms with van der Waals surface area (Å²) in [7, 11) is 3.09. The molecule has 4 aromatic rings. The number of carbonyl (C=O) groups is 1. The molecule has 4 rings (SSSR count). The van der Waals surface area contributed by atoms with Crippen molar-refractivity contribution in [1.29, 1.82) is 0 Å². The van der Waals surface area contributed by atoms with Crippen LogP contribution in [0.15, 0.2) is 91.0 Å². The second-order valence-electron chi connectivity index (χ2n) is 8.65. The van der Waals surface area contributed by atoms with Crippen LogP contribution in [0.3, 0.4) is 0 Å². The fourth-order valence-corrected chi connectivity index (χ4v) is 4.53. The lowest BCUT2D eigenvalue weighted by molar-refractivity contribution is 0.238. The summed E-state index contributed by atoms with van der Waals surface area (Å²) in [5, 5.41) is 16.6. The van der Waals surface area contributed by atoms with Crippen molar-refractivity contribution in [2.45, 2.75) is 12.0 Å². The molecule has 0 unspecified atom stereocenters. The molecule has 0 aliphatic heterocycles. The number of aromatic hydroxyl groups is 1. The van der Waals surface area contributed by atoms with Crippen LogP contribution in [0.1, 0.15) is 22.3 Å². The normalized spacial score (nSPS) is 11.1. The highest BCUT2D eigenvalue weighted by molar-refractivity contribution is 5.74. The molecule has 0 fully saturated rings. The van der Waals surface area contributed by atoms with E-state index in [0.29, 0.717) is 28.2 Å². The van der Waals surface area contributed by atoms with Crippen LogP contribution in [-0.2, 0) is 12.0 Å². The van der Waals surface area contributed by atoms with Crippen LogP contribution in [0.5, 0.6) is 17.2 Å². The van der Waals surface area contributed by atoms with Gasteiger partial charge in [-0.15, -0.1) is 0 Å². The number of methoxy groups -OCH3 is 2. The van der Waals surface area contributed by atoms with E-state index in [-0.39, 0.29) is 18.8 Å². The van der Waals surface area contributed by atoms with Gasteiger partial charge in [-0.3, -0.25) is 0 Å². The Hall–Kier alpha value is -4.59. The number of carbonyl (C=O) groups excluding carboxylic acids is 1. The second kappa shape index (κ2) is 11.6. The fourth-order valence-electron chi connectivity index (χ4n) is 4.53. The minimum atomic E-state index is -1.16. The number of phenolic OH excluding ortho intramolecular Hbond substituents is 1. The van der Waals surface area contributed by atoms with Crippen molar-refractivity contribution in [2.24, 2.45) is 0 Å². The van der Waals surface area contributed by atoms with Crippen LogP contribution in [0.4, 0.5) is 13.6 Å². The molecular weight excluding hydrogens is 490 g/mol. The third-order valence-electron chi connectivity index (χ3n) is 6.49. The number of phenols is 1. The quantitative estimate of drug-likeness (QED) is 0.255. The maximum atomic E-state index is 13.9. The van der Waals surface area contributed by atoms with E-state index in [1.807, 2.05) is 0 Å². The molecule has 0 bridgehead atoms. The maximum absolute atomic E-state index is 13.9. The standard InChI is InChI=1S/C30H28F2N2O4/c1-37-25-16-7-20(28(17-25)38-2)18-33-29(36)34-19-30(21-8-12-23(31)13-9-21,22-10-14-24(32)15-11-22)26-5-3-4-6-27(26)35/h3-17,35H,18-19H2,1-2H3,(H2,33,34,36). The third kappa shape index (κ3) is 5.54. The summed E-state index contributed by atoms with van der Waals surface area (Å²) in [5.74, 6) is 0.301. The Morgan fingerprint density at radius 3 is 1.97 bits per heavy atom. The molecular formula is C30H28F2N2O4. The van der Waals surface area contributed by atoms with Crippen molar-refractivity contribution in [3.63, 3.8) is 0 Å². The van der Waals surface area contributed by atoms with Crippen LogP contribution in [0.2, 0.25) is 0 Å². The first kappa shape index (κ1) is 26.5. The van der Waals surface area contributed by atoms with Gasteiger partial charge in [-0.25, -0.2) is 13.6 Å². The Bertz CT molecular complexity index is 1350. The lowest BCUT2D eigenvalue weighted by Gasteiger charge is -2.36. The first-order valence-electron chi connectivity index (χ1n) is 11.9. The predicted molar refractivity (Wildman–Crippen MR) is 141 cm³/mol. The van der Waals surface area contributed by atoms with Crippen molar-refractivity contribution in [3.05, 3.63) is 125 Å². The molecule has 4 aromatic carbocycles. The topological polar surface area (TPSA) is 79.8 Å². The number of para-hydroxylation sites is 1. The first-order chi connectivity index (χ1) is 18.4. The van der Waals surface area contributed by atoms with Crippen LogP contribution >= 0.6 is 0 Å². The van der Waals surface area contributed by atoms with E-state index >= 15 is 0 Å². The van der Waals surface area contributed by atoms with Crippen LogP contribution in [0, 0.1) is 11.6 Å². The average molecular weight is 519 g/mol. The summed E-state index contributed by atoms with van der Waals surface area (Å²) < 4.78 is 38.4. The molecule has 0 radical (unpaired) electrons. The van der Waals surface area contributed by atoms with Gasteiger partial charge in [0.15, 0.2) is 0 Å². The Morgan fingerprint density at radius 1 is 0.816 bits per heavy atom. The lowest BCUT2D eigenvalue weighted by atomic mass is 9.69. The average Bonchev–Trinajstić information content (AvgIpc) is 2.94. The predicted octanol–water partition coefficient (Wildman–Crippen LogP) is 5.52. The minimum Gasteiger partial charge on any atom is -0.508 e. The zero-order valence-corrected chi connectivity index (χ0v) is 21.0. The summed E-state index contributed by atoms with van der Waals surface area (Å²) in [4.78, 5) is 13.0. The van der Waals surface area contributed by atoms with Crippen molar-refractivity contribution < 1.29 is 28.2 Å². The molecule has 6 nitrogen and oxygen atoms in total. The number of ether oxygens (including phenoxy) is 2. The second-order valence-corrected chi connectivity index (χ2v) is 8.65. The van der Waals surface area contributed by atoms with E-state index in [1.165, 1.54) is 37.4 Å². The van der Waals surface area contributed by atoms with Gasteiger partial charge in [-0.1, -0.05) is 42.5 Å². The third-order valence-corrected chi connectivity index (χ3v) is 6.49. The smallest absolute Gasteiger partial charge is 0.315 e. The first-order valence-corrected chi connectivity index (χ1v) is 11.9. The van der Waals surface area contributed by atoms with E-state index in [2.05, 4.69) is 10.6 Å². The number of hydrogen-bond donors (Lipinski definition) is 3. The molecule has 2 amide bonds. The van der Waals surface area contributed by atoms with Crippen molar-refractivity contribution >= 4 is 6.03 Å². The van der Waals surface area contributed by atoms with Gasteiger partial charge in [-0.05, 0) is 53.6 Å². The highest BCUT2D eigenvalue weighted by atomic mass is 19.1. The number of urea groups is 1. The maximum Gasteiger partial charge on any atom is 0.315 e. The summed E-state index contributed by atoms with van der Waals surface area (Å²) in [6.07, 6.45) is 0. The largest absolute Gasteiger partial charge is 0.508 e. The molecule has 0 aromatic heterocycles. The lowest BCUT2D eigenvalue weighted by Crippen LogP contribution is -2.46. The number of halogens is 2. The molecule has 0 aliphatic carbocycles. The van der Waals surface area contributed by atoms with E-state index in [0.717, 1.165) is 5.56 Å². The van der Waals surface area contributed by atoms with Crippen LogP contribution < -0.4 is 20.1 Å². The highest BCUT2D eigenvalue weighted by Gasteiger charge is 2.39. The molecule has 0 saturated carbocycles. The van der Waals surface area contributed by atoms with E-state index in [1.54, 1.807) is 67.8 Å². The summed E-state index contributed by atoms with van der Waals surface area (Å²) in [6.45, 7) is 0.156. The zero-order chi connectivity index (χ0) is 27.1. The minimum absolute atomic E-state index is 0.0204. The van der Waals surface area contributed by atoms with Gasteiger partial charge < -0.3 is 25.2 Å². The van der Waals surface area contributed by atoms with Crippen molar-refractivity contribution in [1.82, 2.24) is 10.6 Å². The number of nitrogens with one attached hydrogen (secondary N) is 2. The van der Waals surface area contributed by atoms with Gasteiger partial charge in [0.1, 0.15) is 28.9 Å². The zero-order valence-electron chi connectivity index (χ0n) is 21.0. The molecule has 0 atom stereocenters. The molecule has 38 heavy (non-hydrogen) atoms. The Labute approximate surface area is 219 Å². The van der Waals surface area contributed by atoms with Crippen LogP contribution in [0.25, 0.3) is 0 Å². The number of benzene rings is 4. The van der Waals surface area contributed by atoms with E-state index in [9.17, 15) is 18.7 Å². The summed E-state index contributed by atoms with van der Waals surface area (Å²) in [6, 6.07) is 23.1.